The Bertz CT molecular complexity index is 1170. The van der Waals surface area contributed by atoms with Crippen molar-refractivity contribution < 1.29 is 4.79 Å². The van der Waals surface area contributed by atoms with Gasteiger partial charge in [0.1, 0.15) is 11.6 Å². The molecule has 8 nitrogen and oxygen atoms in total. The number of hydrogen-bond donors (Lipinski definition) is 1. The number of benzene rings is 1. The molecule has 1 fully saturated rings. The maximum absolute atomic E-state index is 12.5. The van der Waals surface area contributed by atoms with Crippen LogP contribution in [0.25, 0.3) is 11.0 Å². The van der Waals surface area contributed by atoms with Crippen molar-refractivity contribution >= 4 is 28.6 Å². The standard InChI is InChI=1S/C22H21N7O/c30-22(16-4-3-10-23-14-16)27-20-7-11-25-29(20)17-8-12-28(13-9-17)21-15-24-18-5-1-2-6-19(18)26-21/h1-7,10-11,14-15,17H,8-9,12-13H2,(H,27,30). The minimum atomic E-state index is -0.186. The number of para-hydroxylation sites is 2. The van der Waals surface area contributed by atoms with Crippen LogP contribution in [0, 0.1) is 0 Å². The molecule has 1 aromatic carbocycles. The zero-order valence-electron chi connectivity index (χ0n) is 16.3. The SMILES string of the molecule is O=C(Nc1ccnn1C1CCN(c2cnc3ccccc3n2)CC1)c1cccnc1. The maximum atomic E-state index is 12.5. The highest BCUT2D eigenvalue weighted by Gasteiger charge is 2.24. The summed E-state index contributed by atoms with van der Waals surface area (Å²) in [6.45, 7) is 1.71. The van der Waals surface area contributed by atoms with Crippen molar-refractivity contribution in [1.82, 2.24) is 24.7 Å². The highest BCUT2D eigenvalue weighted by atomic mass is 16.1. The number of nitrogens with zero attached hydrogens (tertiary/aromatic N) is 6. The molecule has 4 aromatic rings. The molecule has 0 atom stereocenters. The number of carbonyl (C=O) groups is 1. The van der Waals surface area contributed by atoms with E-state index in [2.05, 4.69) is 25.3 Å². The number of piperidine rings is 1. The Morgan fingerprint density at radius 1 is 0.967 bits per heavy atom. The highest BCUT2D eigenvalue weighted by molar-refractivity contribution is 6.03. The number of hydrogen-bond acceptors (Lipinski definition) is 6. The molecule has 1 saturated heterocycles. The Balaban J connectivity index is 1.27. The molecule has 0 bridgehead atoms. The number of fused-ring (bicyclic) bond motifs is 1. The zero-order valence-corrected chi connectivity index (χ0v) is 16.3. The number of pyridine rings is 1. The summed E-state index contributed by atoms with van der Waals surface area (Å²) >= 11 is 0. The Labute approximate surface area is 173 Å². The van der Waals surface area contributed by atoms with Gasteiger partial charge in [-0.2, -0.15) is 5.10 Å². The van der Waals surface area contributed by atoms with Crippen molar-refractivity contribution in [1.29, 1.82) is 0 Å². The first-order valence-corrected chi connectivity index (χ1v) is 9.99. The van der Waals surface area contributed by atoms with Gasteiger partial charge in [0, 0.05) is 31.5 Å². The molecular weight excluding hydrogens is 378 g/mol. The summed E-state index contributed by atoms with van der Waals surface area (Å²) in [6.07, 6.45) is 8.59. The first-order valence-electron chi connectivity index (χ1n) is 9.99. The lowest BCUT2D eigenvalue weighted by molar-refractivity contribution is 0.102. The second kappa shape index (κ2) is 7.90. The van der Waals surface area contributed by atoms with E-state index < -0.39 is 0 Å². The van der Waals surface area contributed by atoms with E-state index in [0.29, 0.717) is 11.4 Å². The number of carbonyl (C=O) groups excluding carboxylic acids is 1. The van der Waals surface area contributed by atoms with E-state index in [1.54, 1.807) is 30.7 Å². The van der Waals surface area contributed by atoms with Crippen molar-refractivity contribution in [3.8, 4) is 0 Å². The monoisotopic (exact) mass is 399 g/mol. The molecule has 3 aromatic heterocycles. The molecule has 0 spiro atoms. The molecule has 1 N–H and O–H groups in total. The van der Waals surface area contributed by atoms with Crippen molar-refractivity contribution in [2.45, 2.75) is 18.9 Å². The van der Waals surface area contributed by atoms with Gasteiger partial charge in [0.15, 0.2) is 0 Å². The van der Waals surface area contributed by atoms with Gasteiger partial charge in [-0.3, -0.25) is 14.8 Å². The van der Waals surface area contributed by atoms with Gasteiger partial charge in [-0.1, -0.05) is 12.1 Å². The second-order valence-electron chi connectivity index (χ2n) is 7.29. The summed E-state index contributed by atoms with van der Waals surface area (Å²) in [5, 5.41) is 7.42. The molecule has 1 aliphatic heterocycles. The zero-order chi connectivity index (χ0) is 20.3. The predicted octanol–water partition coefficient (Wildman–Crippen LogP) is 3.32. The van der Waals surface area contributed by atoms with Gasteiger partial charge in [-0.25, -0.2) is 9.67 Å². The van der Waals surface area contributed by atoms with Crippen LogP contribution in [0.4, 0.5) is 11.6 Å². The summed E-state index contributed by atoms with van der Waals surface area (Å²) in [7, 11) is 0. The van der Waals surface area contributed by atoms with Gasteiger partial charge < -0.3 is 10.2 Å². The Morgan fingerprint density at radius 3 is 2.60 bits per heavy atom. The topological polar surface area (TPSA) is 88.8 Å². The molecule has 1 aliphatic rings. The van der Waals surface area contributed by atoms with E-state index in [-0.39, 0.29) is 11.9 Å². The predicted molar refractivity (Wildman–Crippen MR) is 114 cm³/mol. The Morgan fingerprint density at radius 2 is 1.80 bits per heavy atom. The van der Waals surface area contributed by atoms with Crippen molar-refractivity contribution in [3.05, 3.63) is 72.8 Å². The minimum Gasteiger partial charge on any atom is -0.355 e. The van der Waals surface area contributed by atoms with Gasteiger partial charge in [0.2, 0.25) is 0 Å². The van der Waals surface area contributed by atoms with Crippen LogP contribution in [0.5, 0.6) is 0 Å². The molecular formula is C22H21N7O. The summed E-state index contributed by atoms with van der Waals surface area (Å²) in [5.41, 5.74) is 2.33. The molecule has 1 amide bonds. The fraction of sp³-hybridized carbons (Fsp3) is 0.227. The molecule has 150 valence electrons. The normalized spacial score (nSPS) is 14.7. The molecule has 0 radical (unpaired) electrons. The third kappa shape index (κ3) is 3.59. The molecule has 30 heavy (non-hydrogen) atoms. The second-order valence-corrected chi connectivity index (χ2v) is 7.29. The average molecular weight is 399 g/mol. The largest absolute Gasteiger partial charge is 0.355 e. The van der Waals surface area contributed by atoms with E-state index in [0.717, 1.165) is 42.8 Å². The van der Waals surface area contributed by atoms with Crippen molar-refractivity contribution in [3.63, 3.8) is 0 Å². The van der Waals surface area contributed by atoms with E-state index in [1.165, 1.54) is 0 Å². The van der Waals surface area contributed by atoms with Crippen LogP contribution < -0.4 is 10.2 Å². The van der Waals surface area contributed by atoms with Gasteiger partial charge in [0.05, 0.1) is 35.0 Å². The van der Waals surface area contributed by atoms with Crippen LogP contribution in [0.2, 0.25) is 0 Å². The van der Waals surface area contributed by atoms with Gasteiger partial charge in [-0.05, 0) is 37.1 Å². The number of nitrogens with one attached hydrogen (secondary N) is 1. The van der Waals surface area contributed by atoms with Crippen LogP contribution >= 0.6 is 0 Å². The van der Waals surface area contributed by atoms with Crippen LogP contribution in [-0.4, -0.2) is 43.7 Å². The maximum Gasteiger partial charge on any atom is 0.258 e. The third-order valence-electron chi connectivity index (χ3n) is 5.41. The minimum absolute atomic E-state index is 0.186. The summed E-state index contributed by atoms with van der Waals surface area (Å²) in [4.78, 5) is 28.0. The Kier molecular flexibility index (Phi) is 4.80. The van der Waals surface area contributed by atoms with Crippen LogP contribution in [0.1, 0.15) is 29.2 Å². The number of anilines is 2. The van der Waals surface area contributed by atoms with E-state index >= 15 is 0 Å². The molecule has 5 rings (SSSR count). The number of rotatable bonds is 4. The Hall–Kier alpha value is -3.81. The summed E-state index contributed by atoms with van der Waals surface area (Å²) < 4.78 is 1.91. The van der Waals surface area contributed by atoms with Crippen LogP contribution in [-0.2, 0) is 0 Å². The van der Waals surface area contributed by atoms with E-state index in [4.69, 9.17) is 4.98 Å². The lowest BCUT2D eigenvalue weighted by Crippen LogP contribution is -2.36. The average Bonchev–Trinajstić information content (AvgIpc) is 3.27. The smallest absolute Gasteiger partial charge is 0.258 e. The number of aromatic nitrogens is 5. The molecule has 8 heteroatoms. The van der Waals surface area contributed by atoms with E-state index in [9.17, 15) is 4.79 Å². The van der Waals surface area contributed by atoms with Gasteiger partial charge in [-0.15, -0.1) is 0 Å². The molecule has 4 heterocycles. The molecule has 0 saturated carbocycles. The first-order chi connectivity index (χ1) is 14.8. The van der Waals surface area contributed by atoms with Crippen molar-refractivity contribution in [2.75, 3.05) is 23.3 Å². The van der Waals surface area contributed by atoms with Crippen LogP contribution in [0.15, 0.2) is 67.3 Å². The third-order valence-corrected chi connectivity index (χ3v) is 5.41. The summed E-state index contributed by atoms with van der Waals surface area (Å²) in [6, 6.07) is 13.4. The lowest BCUT2D eigenvalue weighted by atomic mass is 10.1. The van der Waals surface area contributed by atoms with Crippen LogP contribution in [0.3, 0.4) is 0 Å². The van der Waals surface area contributed by atoms with Gasteiger partial charge in [0.25, 0.3) is 5.91 Å². The van der Waals surface area contributed by atoms with Gasteiger partial charge >= 0.3 is 0 Å². The highest BCUT2D eigenvalue weighted by Crippen LogP contribution is 2.28. The van der Waals surface area contributed by atoms with Crippen molar-refractivity contribution in [2.24, 2.45) is 0 Å². The quantitative estimate of drug-likeness (QED) is 0.566. The number of amides is 1. The van der Waals surface area contributed by atoms with E-state index in [1.807, 2.05) is 41.2 Å². The fourth-order valence-electron chi connectivity index (χ4n) is 3.83. The molecule has 0 unspecified atom stereocenters. The summed E-state index contributed by atoms with van der Waals surface area (Å²) in [5.74, 6) is 1.42. The lowest BCUT2D eigenvalue weighted by Gasteiger charge is -2.33. The molecule has 0 aliphatic carbocycles. The fourth-order valence-corrected chi connectivity index (χ4v) is 3.83. The first kappa shape index (κ1) is 18.2.